The summed E-state index contributed by atoms with van der Waals surface area (Å²) in [7, 11) is 1.58. The number of nitrogens with one attached hydrogen (secondary N) is 1. The number of likely N-dealkylation sites (tertiary alicyclic amines) is 1. The van der Waals surface area contributed by atoms with Crippen molar-refractivity contribution in [3.8, 4) is 16.9 Å². The molecular weight excluding hydrogens is 640 g/mol. The lowest BCUT2D eigenvalue weighted by Crippen LogP contribution is -2.48. The first kappa shape index (κ1) is 31.5. The molecule has 0 bridgehead atoms. The van der Waals surface area contributed by atoms with Gasteiger partial charge in [0.1, 0.15) is 29.5 Å². The third-order valence-electron chi connectivity index (χ3n) is 8.87. The van der Waals surface area contributed by atoms with Crippen LogP contribution in [0, 0.1) is 11.6 Å². The largest absolute Gasteiger partial charge is 0.490 e. The van der Waals surface area contributed by atoms with Crippen molar-refractivity contribution in [3.63, 3.8) is 0 Å². The molecule has 7 rings (SSSR count). The van der Waals surface area contributed by atoms with Crippen molar-refractivity contribution in [2.24, 2.45) is 7.05 Å². The van der Waals surface area contributed by atoms with Gasteiger partial charge in [0.05, 0.1) is 35.2 Å². The Morgan fingerprint density at radius 1 is 1.15 bits per heavy atom. The summed E-state index contributed by atoms with van der Waals surface area (Å²) in [6, 6.07) is 6.84. The van der Waals surface area contributed by atoms with Crippen molar-refractivity contribution in [1.82, 2.24) is 18.9 Å². The van der Waals surface area contributed by atoms with Crippen LogP contribution in [-0.4, -0.2) is 63.0 Å². The van der Waals surface area contributed by atoms with Crippen LogP contribution in [-0.2, 0) is 24.4 Å². The predicted molar refractivity (Wildman–Crippen MR) is 165 cm³/mol. The molecule has 2 aliphatic rings. The number of carbonyl (C=O) groups is 2. The first-order chi connectivity index (χ1) is 23.0. The number of nitrogens with zero attached hydrogens (tertiary/aromatic N) is 4. The molecular formula is C34H27F6N5O3. The van der Waals surface area contributed by atoms with Crippen LogP contribution >= 0.6 is 0 Å². The lowest BCUT2D eigenvalue weighted by molar-refractivity contribution is -0.137. The minimum Gasteiger partial charge on any atom is -0.490 e. The van der Waals surface area contributed by atoms with Gasteiger partial charge in [-0.05, 0) is 42.3 Å². The average molecular weight is 668 g/mol. The number of hydrogen-bond donors (Lipinski definition) is 1. The molecule has 8 nitrogen and oxygen atoms in total. The van der Waals surface area contributed by atoms with Crippen molar-refractivity contribution >= 4 is 33.9 Å². The van der Waals surface area contributed by atoms with Crippen molar-refractivity contribution in [3.05, 3.63) is 95.1 Å². The zero-order valence-corrected chi connectivity index (χ0v) is 25.4. The van der Waals surface area contributed by atoms with E-state index in [-0.39, 0.29) is 58.2 Å². The van der Waals surface area contributed by atoms with E-state index >= 15 is 8.78 Å². The molecule has 1 saturated heterocycles. The van der Waals surface area contributed by atoms with E-state index in [0.717, 1.165) is 30.7 Å². The molecule has 1 atom stereocenters. The molecule has 5 aromatic rings. The molecule has 0 saturated carbocycles. The van der Waals surface area contributed by atoms with E-state index in [9.17, 15) is 27.2 Å². The van der Waals surface area contributed by atoms with E-state index < -0.39 is 47.4 Å². The molecule has 5 heterocycles. The van der Waals surface area contributed by atoms with Gasteiger partial charge < -0.3 is 19.0 Å². The third kappa shape index (κ3) is 5.29. The molecule has 248 valence electrons. The van der Waals surface area contributed by atoms with Gasteiger partial charge in [-0.15, -0.1) is 0 Å². The second-order valence-corrected chi connectivity index (χ2v) is 11.8. The molecule has 3 aromatic heterocycles. The fraction of sp³-hybridized carbons (Fsp3) is 0.265. The summed E-state index contributed by atoms with van der Waals surface area (Å²) >= 11 is 0. The van der Waals surface area contributed by atoms with Crippen molar-refractivity contribution in [2.75, 3.05) is 31.7 Å². The van der Waals surface area contributed by atoms with Crippen molar-refractivity contribution in [1.29, 1.82) is 0 Å². The van der Waals surface area contributed by atoms with Crippen LogP contribution in [0.2, 0.25) is 0 Å². The van der Waals surface area contributed by atoms with Crippen LogP contribution in [0.25, 0.3) is 27.7 Å². The van der Waals surface area contributed by atoms with Crippen LogP contribution in [0.5, 0.6) is 5.75 Å². The van der Waals surface area contributed by atoms with Crippen molar-refractivity contribution < 1.29 is 40.7 Å². The molecule has 1 N–H and O–H groups in total. The Labute approximate surface area is 269 Å². The summed E-state index contributed by atoms with van der Waals surface area (Å²) in [5.74, 6) is -4.03. The second-order valence-electron chi connectivity index (χ2n) is 11.8. The van der Waals surface area contributed by atoms with Gasteiger partial charge in [0.25, 0.3) is 0 Å². The summed E-state index contributed by atoms with van der Waals surface area (Å²) in [6.07, 6.45) is 1.62. The lowest BCUT2D eigenvalue weighted by atomic mass is 9.94. The van der Waals surface area contributed by atoms with Crippen molar-refractivity contribution in [2.45, 2.75) is 25.1 Å². The summed E-state index contributed by atoms with van der Waals surface area (Å²) in [4.78, 5) is 32.2. The zero-order valence-electron chi connectivity index (χ0n) is 25.4. The smallest absolute Gasteiger partial charge is 0.417 e. The van der Waals surface area contributed by atoms with E-state index in [1.54, 1.807) is 7.05 Å². The number of benzene rings is 2. The molecule has 2 aliphatic heterocycles. The number of rotatable bonds is 7. The summed E-state index contributed by atoms with van der Waals surface area (Å²) < 4.78 is 95.6. The van der Waals surface area contributed by atoms with Gasteiger partial charge in [-0.2, -0.15) is 13.2 Å². The number of hydrogen-bond acceptors (Lipinski definition) is 5. The minimum absolute atomic E-state index is 0.0256. The third-order valence-corrected chi connectivity index (χ3v) is 8.87. The maximum Gasteiger partial charge on any atom is 0.417 e. The van der Waals surface area contributed by atoms with Gasteiger partial charge in [-0.3, -0.25) is 14.5 Å². The highest BCUT2D eigenvalue weighted by Gasteiger charge is 2.39. The molecule has 0 aliphatic carbocycles. The monoisotopic (exact) mass is 667 g/mol. The topological polar surface area (TPSA) is 80.9 Å². The van der Waals surface area contributed by atoms with Gasteiger partial charge >= 0.3 is 6.18 Å². The lowest BCUT2D eigenvalue weighted by Gasteiger charge is -2.38. The molecule has 14 heteroatoms. The quantitative estimate of drug-likeness (QED) is 0.122. The number of ether oxygens (including phenoxy) is 1. The van der Waals surface area contributed by atoms with Gasteiger partial charge in [-0.25, -0.2) is 18.2 Å². The maximum atomic E-state index is 15.2. The highest BCUT2D eigenvalue weighted by atomic mass is 19.4. The van der Waals surface area contributed by atoms with E-state index in [1.165, 1.54) is 45.8 Å². The SMILES string of the molecule is Cn1cnc2c3c(c(C(F)(F)F)cc21)-c1cccn2c(C(=O)c4cc(F)c(NC(=O)/C=C/CN5CC[C@H]5CF)c(F)c4)cc(c12)CCO3. The van der Waals surface area contributed by atoms with Gasteiger partial charge in [0, 0.05) is 61.6 Å². The molecule has 48 heavy (non-hydrogen) atoms. The van der Waals surface area contributed by atoms with Crippen LogP contribution in [0.4, 0.5) is 32.0 Å². The predicted octanol–water partition coefficient (Wildman–Crippen LogP) is 6.49. The molecule has 0 radical (unpaired) electrons. The molecule has 1 fully saturated rings. The van der Waals surface area contributed by atoms with Crippen LogP contribution < -0.4 is 10.1 Å². The van der Waals surface area contributed by atoms with Gasteiger partial charge in [0.2, 0.25) is 11.7 Å². The number of aryl methyl sites for hydroxylation is 1. The van der Waals surface area contributed by atoms with E-state index in [2.05, 4.69) is 10.3 Å². The first-order valence-electron chi connectivity index (χ1n) is 15.1. The molecule has 0 spiro atoms. The number of ketones is 1. The number of imidazole rings is 1. The number of alkyl halides is 4. The Bertz CT molecular complexity index is 2130. The Balaban J connectivity index is 1.24. The fourth-order valence-corrected chi connectivity index (χ4v) is 6.38. The summed E-state index contributed by atoms with van der Waals surface area (Å²) in [5.41, 5.74) is -0.867. The number of aromatic nitrogens is 3. The number of pyridine rings is 1. The Hall–Kier alpha value is -5.11. The number of fused-ring (bicyclic) bond motifs is 4. The zero-order chi connectivity index (χ0) is 33.9. The fourth-order valence-electron chi connectivity index (χ4n) is 6.38. The van der Waals surface area contributed by atoms with Crippen LogP contribution in [0.15, 0.2) is 61.1 Å². The van der Waals surface area contributed by atoms with E-state index in [4.69, 9.17) is 4.74 Å². The van der Waals surface area contributed by atoms with Gasteiger partial charge in [-0.1, -0.05) is 12.1 Å². The van der Waals surface area contributed by atoms with E-state index in [0.29, 0.717) is 24.2 Å². The van der Waals surface area contributed by atoms with Crippen LogP contribution in [0.3, 0.4) is 0 Å². The Kier molecular flexibility index (Phi) is 7.77. The standard InChI is InChI=1S/C34H27F6N5O3/c1-43-17-41-30-25(43)15-22(34(38,39)40)28-21-4-2-9-45-26(14-18(31(21)45)7-11-48-33(28)30)32(47)19-12-23(36)29(24(37)13-19)42-27(46)5-3-8-44-10-6-20(44)16-35/h2-5,9,12-15,17,20H,6-8,10-11,16H2,1H3,(H,42,46)/b5-3+/t20-/m0/s1. The number of amides is 1. The highest BCUT2D eigenvalue weighted by Crippen LogP contribution is 2.48. The number of anilines is 1. The maximum absolute atomic E-state index is 15.2. The Morgan fingerprint density at radius 3 is 2.60 bits per heavy atom. The average Bonchev–Trinajstić information content (AvgIpc) is 3.58. The summed E-state index contributed by atoms with van der Waals surface area (Å²) in [6.45, 7) is 0.461. The minimum atomic E-state index is -4.77. The molecule has 0 unspecified atom stereocenters. The Morgan fingerprint density at radius 2 is 1.92 bits per heavy atom. The van der Waals surface area contributed by atoms with Gasteiger partial charge in [0.15, 0.2) is 5.75 Å². The number of halogens is 6. The molecule has 2 aromatic carbocycles. The first-order valence-corrected chi connectivity index (χ1v) is 15.1. The van der Waals surface area contributed by atoms with E-state index in [1.807, 2.05) is 4.90 Å². The summed E-state index contributed by atoms with van der Waals surface area (Å²) in [5, 5.41) is 2.14. The highest BCUT2D eigenvalue weighted by molar-refractivity contribution is 6.10. The number of carbonyl (C=O) groups excluding carboxylic acids is 2. The molecule has 1 amide bonds. The normalized spacial score (nSPS) is 16.4. The second kappa shape index (κ2) is 11.8. The van der Waals surface area contributed by atoms with Crippen LogP contribution in [0.1, 0.15) is 33.6 Å².